The number of carboxylic acids is 1. The van der Waals surface area contributed by atoms with Crippen LogP contribution >= 0.6 is 11.3 Å². The fraction of sp³-hybridized carbons (Fsp3) is 0.286. The lowest BCUT2D eigenvalue weighted by molar-refractivity contribution is -0.313. The van der Waals surface area contributed by atoms with Crippen LogP contribution in [-0.2, 0) is 9.59 Å². The van der Waals surface area contributed by atoms with Gasteiger partial charge in [-0.3, -0.25) is 4.79 Å². The normalized spacial score (nSPS) is 19.7. The van der Waals surface area contributed by atoms with Crippen molar-refractivity contribution in [3.63, 3.8) is 0 Å². The summed E-state index contributed by atoms with van der Waals surface area (Å²) in [7, 11) is 0. The van der Waals surface area contributed by atoms with Crippen molar-refractivity contribution in [2.75, 3.05) is 5.32 Å². The van der Waals surface area contributed by atoms with Gasteiger partial charge in [-0.15, -0.1) is 11.3 Å². The molecule has 138 valence electrons. The maximum Gasteiger partial charge on any atom is 0.229 e. The van der Waals surface area contributed by atoms with E-state index in [1.54, 1.807) is 0 Å². The molecule has 27 heavy (non-hydrogen) atoms. The SMILES string of the molecule is O=C([O-])[C@@H]1CCCC[C@H]1C(=O)Nc1nc(-c2cccc3ccccc23)cs1. The third-order valence-corrected chi connectivity index (χ3v) is 5.96. The Morgan fingerprint density at radius 2 is 1.78 bits per heavy atom. The molecule has 2 atom stereocenters. The number of benzene rings is 2. The highest BCUT2D eigenvalue weighted by atomic mass is 32.1. The number of carbonyl (C=O) groups is 2. The van der Waals surface area contributed by atoms with Gasteiger partial charge in [-0.05, 0) is 23.6 Å². The number of fused-ring (bicyclic) bond motifs is 1. The molecule has 0 unspecified atom stereocenters. The molecule has 4 rings (SSSR count). The first-order chi connectivity index (χ1) is 13.1. The van der Waals surface area contributed by atoms with E-state index in [4.69, 9.17) is 0 Å². The zero-order valence-electron chi connectivity index (χ0n) is 14.7. The van der Waals surface area contributed by atoms with Crippen molar-refractivity contribution in [1.29, 1.82) is 0 Å². The van der Waals surface area contributed by atoms with Crippen molar-refractivity contribution in [2.45, 2.75) is 25.7 Å². The van der Waals surface area contributed by atoms with Crippen molar-refractivity contribution < 1.29 is 14.7 Å². The predicted octanol–water partition coefficient (Wildman–Crippen LogP) is 3.46. The molecule has 6 heteroatoms. The maximum atomic E-state index is 12.6. The van der Waals surface area contributed by atoms with Crippen LogP contribution in [-0.4, -0.2) is 16.9 Å². The number of aromatic nitrogens is 1. The molecule has 1 saturated carbocycles. The van der Waals surface area contributed by atoms with Gasteiger partial charge in [0, 0.05) is 28.7 Å². The minimum absolute atomic E-state index is 0.275. The van der Waals surface area contributed by atoms with Gasteiger partial charge in [0.15, 0.2) is 5.13 Å². The molecular weight excluding hydrogens is 360 g/mol. The molecule has 0 spiro atoms. The van der Waals surface area contributed by atoms with Gasteiger partial charge in [-0.1, -0.05) is 55.3 Å². The highest BCUT2D eigenvalue weighted by molar-refractivity contribution is 7.14. The van der Waals surface area contributed by atoms with Crippen LogP contribution in [0.15, 0.2) is 47.8 Å². The Morgan fingerprint density at radius 1 is 1.04 bits per heavy atom. The molecule has 1 heterocycles. The first-order valence-corrected chi connectivity index (χ1v) is 9.97. The van der Waals surface area contributed by atoms with E-state index in [2.05, 4.69) is 28.5 Å². The molecule has 1 aliphatic rings. The van der Waals surface area contributed by atoms with Gasteiger partial charge in [-0.25, -0.2) is 4.98 Å². The maximum absolute atomic E-state index is 12.6. The number of rotatable bonds is 4. The molecule has 1 fully saturated rings. The van der Waals surface area contributed by atoms with Gasteiger partial charge in [0.25, 0.3) is 0 Å². The molecular formula is C21H19N2O3S-. The molecule has 5 nitrogen and oxygen atoms in total. The Labute approximate surface area is 161 Å². The smallest absolute Gasteiger partial charge is 0.229 e. The summed E-state index contributed by atoms with van der Waals surface area (Å²) in [5, 5.41) is 18.8. The van der Waals surface area contributed by atoms with Crippen LogP contribution in [0.5, 0.6) is 0 Å². The standard InChI is InChI=1S/C21H20N2O3S/c24-19(16-9-3-4-10-17(16)20(25)26)23-21-22-18(12-27-21)15-11-5-7-13-6-1-2-8-14(13)15/h1-2,5-8,11-12,16-17H,3-4,9-10H2,(H,25,26)(H,22,23,24)/p-1/t16-,17-/m1/s1. The average molecular weight is 379 g/mol. The number of hydrogen-bond donors (Lipinski definition) is 1. The van der Waals surface area contributed by atoms with Crippen molar-refractivity contribution in [1.82, 2.24) is 4.98 Å². The average Bonchev–Trinajstić information content (AvgIpc) is 3.15. The molecule has 1 aromatic heterocycles. The van der Waals surface area contributed by atoms with Gasteiger partial charge in [0.2, 0.25) is 5.91 Å². The topological polar surface area (TPSA) is 82.1 Å². The molecule has 1 aliphatic carbocycles. The summed E-state index contributed by atoms with van der Waals surface area (Å²) < 4.78 is 0. The quantitative estimate of drug-likeness (QED) is 0.753. The number of carbonyl (C=O) groups excluding carboxylic acids is 2. The molecule has 1 amide bonds. The fourth-order valence-electron chi connectivity index (χ4n) is 3.83. The highest BCUT2D eigenvalue weighted by Crippen LogP contribution is 2.33. The van der Waals surface area contributed by atoms with Crippen LogP contribution in [0.3, 0.4) is 0 Å². The van der Waals surface area contributed by atoms with Crippen LogP contribution in [0, 0.1) is 11.8 Å². The summed E-state index contributed by atoms with van der Waals surface area (Å²) in [6.45, 7) is 0. The molecule has 0 aliphatic heterocycles. The molecule has 2 aromatic carbocycles. The van der Waals surface area contributed by atoms with Crippen LogP contribution in [0.4, 0.5) is 5.13 Å². The minimum atomic E-state index is -1.13. The Hall–Kier alpha value is -2.73. The molecule has 0 saturated heterocycles. The Bertz CT molecular complexity index is 993. The number of hydrogen-bond acceptors (Lipinski definition) is 5. The fourth-order valence-corrected chi connectivity index (χ4v) is 4.54. The Kier molecular flexibility index (Phi) is 4.90. The van der Waals surface area contributed by atoms with Gasteiger partial charge < -0.3 is 15.2 Å². The molecule has 1 N–H and O–H groups in total. The summed E-state index contributed by atoms with van der Waals surface area (Å²) >= 11 is 1.35. The van der Waals surface area contributed by atoms with Crippen molar-refractivity contribution in [3.8, 4) is 11.3 Å². The van der Waals surface area contributed by atoms with Crippen molar-refractivity contribution >= 4 is 39.1 Å². The van der Waals surface area contributed by atoms with E-state index in [9.17, 15) is 14.7 Å². The van der Waals surface area contributed by atoms with E-state index < -0.39 is 17.8 Å². The zero-order valence-corrected chi connectivity index (χ0v) is 15.5. The summed E-state index contributed by atoms with van der Waals surface area (Å²) in [6, 6.07) is 14.1. The van der Waals surface area contributed by atoms with Gasteiger partial charge in [-0.2, -0.15) is 0 Å². The Morgan fingerprint density at radius 3 is 2.59 bits per heavy atom. The van der Waals surface area contributed by atoms with E-state index in [1.807, 2.05) is 29.6 Å². The number of anilines is 1. The number of carboxylic acid groups (broad SMARTS) is 1. The summed E-state index contributed by atoms with van der Waals surface area (Å²) in [5.74, 6) is -2.67. The van der Waals surface area contributed by atoms with Crippen molar-refractivity contribution in [3.05, 3.63) is 47.8 Å². The van der Waals surface area contributed by atoms with E-state index in [0.717, 1.165) is 34.9 Å². The number of nitrogens with zero attached hydrogens (tertiary/aromatic N) is 1. The lowest BCUT2D eigenvalue weighted by Gasteiger charge is -2.30. The second-order valence-corrected chi connectivity index (χ2v) is 7.73. The summed E-state index contributed by atoms with van der Waals surface area (Å²) in [5.41, 5.74) is 1.81. The van der Waals surface area contributed by atoms with E-state index in [1.165, 1.54) is 11.3 Å². The third-order valence-electron chi connectivity index (χ3n) is 5.21. The lowest BCUT2D eigenvalue weighted by Crippen LogP contribution is -2.42. The first-order valence-electron chi connectivity index (χ1n) is 9.09. The monoisotopic (exact) mass is 379 g/mol. The summed E-state index contributed by atoms with van der Waals surface area (Å²) in [6.07, 6.45) is 2.76. The zero-order chi connectivity index (χ0) is 18.8. The Balaban J connectivity index is 1.56. The first kappa shape index (κ1) is 17.7. The van der Waals surface area contributed by atoms with Gasteiger partial charge in [0.05, 0.1) is 5.69 Å². The van der Waals surface area contributed by atoms with Crippen LogP contribution in [0.1, 0.15) is 25.7 Å². The van der Waals surface area contributed by atoms with Crippen molar-refractivity contribution in [2.24, 2.45) is 11.8 Å². The minimum Gasteiger partial charge on any atom is -0.550 e. The highest BCUT2D eigenvalue weighted by Gasteiger charge is 2.32. The van der Waals surface area contributed by atoms with Crippen LogP contribution in [0.25, 0.3) is 22.0 Å². The number of amides is 1. The van der Waals surface area contributed by atoms with E-state index >= 15 is 0 Å². The number of nitrogens with one attached hydrogen (secondary N) is 1. The van der Waals surface area contributed by atoms with Gasteiger partial charge in [0.1, 0.15) is 0 Å². The van der Waals surface area contributed by atoms with Gasteiger partial charge >= 0.3 is 0 Å². The predicted molar refractivity (Wildman–Crippen MR) is 104 cm³/mol. The third kappa shape index (κ3) is 3.57. The molecule has 3 aromatic rings. The summed E-state index contributed by atoms with van der Waals surface area (Å²) in [4.78, 5) is 28.5. The molecule has 0 bridgehead atoms. The number of aliphatic carboxylic acids is 1. The largest absolute Gasteiger partial charge is 0.550 e. The van der Waals surface area contributed by atoms with Crippen LogP contribution in [0.2, 0.25) is 0 Å². The second-order valence-electron chi connectivity index (χ2n) is 6.87. The van der Waals surface area contributed by atoms with E-state index in [-0.39, 0.29) is 5.91 Å². The number of thiazole rings is 1. The van der Waals surface area contributed by atoms with Crippen LogP contribution < -0.4 is 10.4 Å². The van der Waals surface area contributed by atoms with E-state index in [0.29, 0.717) is 18.0 Å². The lowest BCUT2D eigenvalue weighted by atomic mass is 9.79. The molecule has 0 radical (unpaired) electrons. The second kappa shape index (κ2) is 7.48.